The van der Waals surface area contributed by atoms with Crippen LogP contribution in [0, 0.1) is 5.92 Å². The third-order valence-electron chi connectivity index (χ3n) is 5.02. The molecule has 37 heavy (non-hydrogen) atoms. The van der Waals surface area contributed by atoms with Crippen molar-refractivity contribution in [2.75, 3.05) is 23.7 Å². The molecular weight excluding hydrogens is 647 g/mol. The molecule has 0 radical (unpaired) electrons. The highest BCUT2D eigenvalue weighted by Crippen LogP contribution is 2.36. The number of rotatable bonds is 11. The Balaban J connectivity index is 2.37. The second-order valence-corrected chi connectivity index (χ2v) is 11.5. The number of amides is 2. The third-order valence-corrected chi connectivity index (χ3v) is 6.98. The minimum Gasteiger partial charge on any atom is -0.492 e. The summed E-state index contributed by atoms with van der Waals surface area (Å²) >= 11 is 6.65. The molecule has 2 N–H and O–H groups in total. The molecule has 0 fully saturated rings. The van der Waals surface area contributed by atoms with Crippen molar-refractivity contribution in [1.82, 2.24) is 4.90 Å². The summed E-state index contributed by atoms with van der Waals surface area (Å²) in [7, 11) is -2.75. The molecule has 2 aromatic carbocycles. The molecule has 0 aromatic heterocycles. The van der Waals surface area contributed by atoms with Crippen molar-refractivity contribution in [1.29, 1.82) is 0 Å². The van der Waals surface area contributed by atoms with Crippen LogP contribution in [0.3, 0.4) is 0 Å². The van der Waals surface area contributed by atoms with Crippen molar-refractivity contribution in [3.63, 3.8) is 0 Å². The van der Waals surface area contributed by atoms with E-state index in [1.54, 1.807) is 20.8 Å². The number of hydrogen-bond donors (Lipinski definition) is 2. The first kappa shape index (κ1) is 30.8. The molecule has 9 nitrogen and oxygen atoms in total. The second kappa shape index (κ2) is 12.4. The maximum atomic E-state index is 13.3. The Morgan fingerprint density at radius 1 is 1.14 bits per heavy atom. The predicted molar refractivity (Wildman–Crippen MR) is 145 cm³/mol. The number of halogens is 4. The molecule has 2 rings (SSSR count). The summed E-state index contributed by atoms with van der Waals surface area (Å²) in [5.41, 5.74) is 0.174. The van der Waals surface area contributed by atoms with Crippen LogP contribution in [-0.2, 0) is 19.6 Å². The fraction of sp³-hybridized carbons (Fsp3) is 0.391. The van der Waals surface area contributed by atoms with Crippen LogP contribution in [0.15, 0.2) is 41.3 Å². The van der Waals surface area contributed by atoms with Crippen molar-refractivity contribution < 1.29 is 36.3 Å². The first-order valence-electron chi connectivity index (χ1n) is 10.9. The first-order valence-corrected chi connectivity index (χ1v) is 13.9. The van der Waals surface area contributed by atoms with Crippen molar-refractivity contribution in [2.45, 2.75) is 42.7 Å². The van der Waals surface area contributed by atoms with Gasteiger partial charge in [-0.1, -0.05) is 25.4 Å². The highest BCUT2D eigenvalue weighted by molar-refractivity contribution is 14.1. The molecule has 0 aliphatic heterocycles. The zero-order chi connectivity index (χ0) is 28.1. The number of sulfonamides is 1. The Morgan fingerprint density at radius 2 is 1.73 bits per heavy atom. The summed E-state index contributed by atoms with van der Waals surface area (Å²) in [4.78, 5) is 25.8. The van der Waals surface area contributed by atoms with E-state index in [9.17, 15) is 26.8 Å². The maximum absolute atomic E-state index is 13.3. The Hall–Kier alpha value is -2.39. The summed E-state index contributed by atoms with van der Waals surface area (Å²) in [6, 6.07) is 6.70. The first-order chi connectivity index (χ1) is 17.1. The van der Waals surface area contributed by atoms with Gasteiger partial charge in [-0.05, 0) is 37.1 Å². The molecular formula is C23H27ClF2IN3O6S. The summed E-state index contributed by atoms with van der Waals surface area (Å²) in [5, 5.41) is 2.56. The van der Waals surface area contributed by atoms with Crippen LogP contribution in [0.5, 0.6) is 11.5 Å². The Bertz CT molecular complexity index is 1260. The van der Waals surface area contributed by atoms with E-state index in [4.69, 9.17) is 16.3 Å². The van der Waals surface area contributed by atoms with Gasteiger partial charge < -0.3 is 19.7 Å². The van der Waals surface area contributed by atoms with Gasteiger partial charge in [0, 0.05) is 31.8 Å². The second-order valence-electron chi connectivity index (χ2n) is 8.20. The lowest BCUT2D eigenvalue weighted by molar-refractivity contribution is -0.136. The van der Waals surface area contributed by atoms with Gasteiger partial charge in [0.1, 0.15) is 22.4 Å². The van der Waals surface area contributed by atoms with Crippen LogP contribution in [0.4, 0.5) is 20.2 Å². The number of benzene rings is 2. The molecule has 2 aromatic rings. The number of nitrogens with one attached hydrogen (secondary N) is 2. The fourth-order valence-electron chi connectivity index (χ4n) is 3.39. The van der Waals surface area contributed by atoms with Crippen molar-refractivity contribution in [3.8, 4) is 11.5 Å². The summed E-state index contributed by atoms with van der Waals surface area (Å²) in [5.74, 6) is -1.40. The lowest BCUT2D eigenvalue weighted by Gasteiger charge is -2.29. The van der Waals surface area contributed by atoms with Gasteiger partial charge in [0.05, 0.1) is 39.9 Å². The number of carbonyl (C=O) groups excluding carboxylic acids is 2. The summed E-state index contributed by atoms with van der Waals surface area (Å²) in [6.45, 7) is 6.71. The molecule has 0 heterocycles. The predicted octanol–water partition coefficient (Wildman–Crippen LogP) is 5.35. The minimum atomic E-state index is -4.27. The molecule has 0 aliphatic rings. The lowest BCUT2D eigenvalue weighted by atomic mass is 10.0. The van der Waals surface area contributed by atoms with E-state index >= 15 is 0 Å². The topological polar surface area (TPSA) is 114 Å². The van der Waals surface area contributed by atoms with E-state index in [2.05, 4.69) is 14.8 Å². The van der Waals surface area contributed by atoms with Gasteiger partial charge in [-0.2, -0.15) is 8.78 Å². The molecule has 1 atom stereocenters. The van der Waals surface area contributed by atoms with E-state index in [1.165, 1.54) is 49.2 Å². The average Bonchev–Trinajstić information content (AvgIpc) is 2.75. The van der Waals surface area contributed by atoms with E-state index in [0.717, 1.165) is 28.7 Å². The number of likely N-dealkylation sites (N-methyl/N-ethyl adjacent to an activating group) is 1. The van der Waals surface area contributed by atoms with Crippen LogP contribution in [-0.4, -0.2) is 48.9 Å². The van der Waals surface area contributed by atoms with Crippen molar-refractivity contribution in [3.05, 3.63) is 41.4 Å². The molecule has 0 aliphatic carbocycles. The lowest BCUT2D eigenvalue weighted by Crippen LogP contribution is -2.47. The van der Waals surface area contributed by atoms with Crippen LogP contribution >= 0.6 is 34.2 Å². The molecule has 0 unspecified atom stereocenters. The zero-order valence-corrected chi connectivity index (χ0v) is 24.4. The monoisotopic (exact) mass is 673 g/mol. The molecule has 0 bridgehead atoms. The molecule has 14 heteroatoms. The van der Waals surface area contributed by atoms with Gasteiger partial charge in [-0.25, -0.2) is 8.42 Å². The van der Waals surface area contributed by atoms with Gasteiger partial charge in [0.15, 0.2) is 0 Å². The maximum Gasteiger partial charge on any atom is 0.451 e. The molecule has 2 amide bonds. The van der Waals surface area contributed by atoms with E-state index < -0.39 is 31.8 Å². The number of hydrogen-bond acceptors (Lipinski definition) is 6. The van der Waals surface area contributed by atoms with Crippen LogP contribution in [0.2, 0.25) is 5.02 Å². The SMILES string of the molecule is CCOc1cc(NC(=O)[C@H](C(C)C)N(C)C(C)=O)ccc1S(=O)(=O)Nc1ccc(Cl)c(OC(F)(F)I)c1. The number of nitrogens with zero attached hydrogens (tertiary/aromatic N) is 1. The molecule has 0 saturated heterocycles. The zero-order valence-electron chi connectivity index (χ0n) is 20.6. The molecule has 204 valence electrons. The standard InChI is InChI=1S/C23H27ClF2IN3O6S/c1-6-35-19-11-15(28-22(32)21(13(2)3)30(5)14(4)31)8-10-20(19)37(33,34)29-16-7-9-17(24)18(12-16)36-23(25,26)27/h7-13,21,29H,6H2,1-5H3,(H,28,32)/t21-/m0/s1. The highest BCUT2D eigenvalue weighted by atomic mass is 127. The van der Waals surface area contributed by atoms with Crippen molar-refractivity contribution in [2.24, 2.45) is 5.92 Å². The number of ether oxygens (including phenoxy) is 2. The largest absolute Gasteiger partial charge is 0.492 e. The van der Waals surface area contributed by atoms with E-state index in [-0.39, 0.29) is 45.5 Å². The number of alkyl halides is 3. The Morgan fingerprint density at radius 3 is 2.27 bits per heavy atom. The van der Waals surface area contributed by atoms with Gasteiger partial charge in [0.25, 0.3) is 10.0 Å². The Labute approximate surface area is 233 Å². The quantitative estimate of drug-likeness (QED) is 0.246. The van der Waals surface area contributed by atoms with Crippen LogP contribution < -0.4 is 19.5 Å². The van der Waals surface area contributed by atoms with Gasteiger partial charge in [-0.3, -0.25) is 14.3 Å². The fourth-order valence-corrected chi connectivity index (χ4v) is 4.96. The van der Waals surface area contributed by atoms with Crippen LogP contribution in [0.1, 0.15) is 27.7 Å². The number of carbonyl (C=O) groups is 2. The van der Waals surface area contributed by atoms with E-state index in [0.29, 0.717) is 0 Å². The van der Waals surface area contributed by atoms with Gasteiger partial charge in [-0.15, -0.1) is 0 Å². The number of anilines is 2. The molecule has 0 spiro atoms. The van der Waals surface area contributed by atoms with Crippen molar-refractivity contribution >= 4 is 67.4 Å². The minimum absolute atomic E-state index is 0.0574. The summed E-state index contributed by atoms with van der Waals surface area (Å²) in [6.07, 6.45) is 0. The van der Waals surface area contributed by atoms with Crippen LogP contribution in [0.25, 0.3) is 0 Å². The molecule has 0 saturated carbocycles. The highest BCUT2D eigenvalue weighted by Gasteiger charge is 2.30. The Kier molecular flexibility index (Phi) is 10.4. The van der Waals surface area contributed by atoms with Gasteiger partial charge in [0.2, 0.25) is 11.8 Å². The smallest absolute Gasteiger partial charge is 0.451 e. The average molecular weight is 674 g/mol. The van der Waals surface area contributed by atoms with Gasteiger partial charge >= 0.3 is 4.12 Å². The third kappa shape index (κ3) is 8.57. The normalized spacial score (nSPS) is 12.6. The van der Waals surface area contributed by atoms with E-state index in [1.807, 2.05) is 0 Å². The summed E-state index contributed by atoms with van der Waals surface area (Å²) < 4.78 is 61.5.